The van der Waals surface area contributed by atoms with Crippen LogP contribution in [0, 0.1) is 19.3 Å². The number of terminal acetylenes is 1. The van der Waals surface area contributed by atoms with Crippen LogP contribution in [0.1, 0.15) is 49.3 Å². The van der Waals surface area contributed by atoms with Gasteiger partial charge in [0.25, 0.3) is 5.89 Å². The lowest BCUT2D eigenvalue weighted by molar-refractivity contribution is -0.133. The van der Waals surface area contributed by atoms with Crippen LogP contribution in [0.3, 0.4) is 0 Å². The maximum absolute atomic E-state index is 12.6. The third kappa shape index (κ3) is 4.49. The van der Waals surface area contributed by atoms with E-state index in [1.807, 2.05) is 24.0 Å². The minimum absolute atomic E-state index is 0.0802. The zero-order chi connectivity index (χ0) is 17.6. The van der Waals surface area contributed by atoms with Gasteiger partial charge in [-0.15, -0.1) is 28.0 Å². The Morgan fingerprint density at radius 2 is 2.16 bits per heavy atom. The number of carbonyl (C=O) groups excluding carboxylic acids is 1. The molecule has 3 rings (SSSR count). The van der Waals surface area contributed by atoms with E-state index < -0.39 is 0 Å². The maximum Gasteiger partial charge on any atom is 0.257 e. The molecule has 25 heavy (non-hydrogen) atoms. The first kappa shape index (κ1) is 17.7. The second-order valence-electron chi connectivity index (χ2n) is 6.43. The van der Waals surface area contributed by atoms with Crippen LogP contribution >= 0.6 is 11.3 Å². The first-order chi connectivity index (χ1) is 12.2. The summed E-state index contributed by atoms with van der Waals surface area (Å²) in [6, 6.07) is 4.28. The summed E-state index contributed by atoms with van der Waals surface area (Å²) in [5, 5.41) is 8.16. The molecule has 0 N–H and O–H groups in total. The predicted octanol–water partition coefficient (Wildman–Crippen LogP) is 3.83. The van der Waals surface area contributed by atoms with E-state index in [0.29, 0.717) is 31.2 Å². The number of aromatic nitrogens is 2. The first-order valence-electron chi connectivity index (χ1n) is 8.79. The molecule has 0 atom stereocenters. The molecule has 1 fully saturated rings. The van der Waals surface area contributed by atoms with Gasteiger partial charge in [-0.1, -0.05) is 25.2 Å². The fraction of sp³-hybridized carbons (Fsp3) is 0.526. The van der Waals surface area contributed by atoms with Gasteiger partial charge in [-0.05, 0) is 31.9 Å². The van der Waals surface area contributed by atoms with E-state index in [-0.39, 0.29) is 11.9 Å². The Bertz CT molecular complexity index is 753. The molecule has 0 aromatic carbocycles. The SMILES string of the molecule is C#CCN(C(=O)CCc1nnc(-c2ccc(C)s2)o1)C1CCCCC1. The molecular weight excluding hydrogens is 334 g/mol. The highest BCUT2D eigenvalue weighted by atomic mass is 32.1. The molecule has 6 heteroatoms. The second-order valence-corrected chi connectivity index (χ2v) is 7.72. The fourth-order valence-corrected chi connectivity index (χ4v) is 4.06. The van der Waals surface area contributed by atoms with E-state index >= 15 is 0 Å². The number of nitrogens with zero attached hydrogens (tertiary/aromatic N) is 3. The number of aryl methyl sites for hydroxylation is 2. The van der Waals surface area contributed by atoms with E-state index in [0.717, 1.165) is 17.7 Å². The molecule has 2 heterocycles. The van der Waals surface area contributed by atoms with Crippen molar-refractivity contribution in [1.82, 2.24) is 15.1 Å². The van der Waals surface area contributed by atoms with Crippen molar-refractivity contribution in [1.29, 1.82) is 0 Å². The molecule has 132 valence electrons. The van der Waals surface area contributed by atoms with Gasteiger partial charge in [0.2, 0.25) is 11.8 Å². The van der Waals surface area contributed by atoms with Gasteiger partial charge < -0.3 is 9.32 Å². The Kier molecular flexibility index (Phi) is 5.87. The molecule has 2 aromatic heterocycles. The Hall–Kier alpha value is -2.13. The largest absolute Gasteiger partial charge is 0.420 e. The zero-order valence-corrected chi connectivity index (χ0v) is 15.3. The van der Waals surface area contributed by atoms with E-state index in [2.05, 4.69) is 16.1 Å². The summed E-state index contributed by atoms with van der Waals surface area (Å²) in [7, 11) is 0. The van der Waals surface area contributed by atoms with E-state index in [1.165, 1.54) is 24.1 Å². The standard InChI is InChI=1S/C19H23N3O2S/c1-3-13-22(15-7-5-4-6-8-15)18(23)12-11-17-20-21-19(24-17)16-10-9-14(2)25-16/h1,9-10,15H,4-8,11-13H2,2H3. The molecule has 0 radical (unpaired) electrons. The highest BCUT2D eigenvalue weighted by Gasteiger charge is 2.25. The summed E-state index contributed by atoms with van der Waals surface area (Å²) in [6.07, 6.45) is 12.0. The summed E-state index contributed by atoms with van der Waals surface area (Å²) >= 11 is 1.62. The quantitative estimate of drug-likeness (QED) is 0.737. The molecule has 0 aliphatic heterocycles. The van der Waals surface area contributed by atoms with Gasteiger partial charge in [0.05, 0.1) is 11.4 Å². The van der Waals surface area contributed by atoms with Gasteiger partial charge in [-0.25, -0.2) is 0 Å². The van der Waals surface area contributed by atoms with Crippen LogP contribution in [-0.2, 0) is 11.2 Å². The van der Waals surface area contributed by atoms with Crippen LogP contribution in [0.5, 0.6) is 0 Å². The number of rotatable bonds is 6. The molecule has 2 aromatic rings. The number of thiophene rings is 1. The Labute approximate surface area is 152 Å². The number of carbonyl (C=O) groups is 1. The van der Waals surface area contributed by atoms with Gasteiger partial charge in [0.1, 0.15) is 0 Å². The van der Waals surface area contributed by atoms with Crippen LogP contribution < -0.4 is 0 Å². The summed E-state index contributed by atoms with van der Waals surface area (Å²) in [5.74, 6) is 3.73. The van der Waals surface area contributed by atoms with Gasteiger partial charge in [-0.2, -0.15) is 0 Å². The Morgan fingerprint density at radius 3 is 2.84 bits per heavy atom. The van der Waals surface area contributed by atoms with E-state index in [4.69, 9.17) is 10.8 Å². The van der Waals surface area contributed by atoms with Crippen molar-refractivity contribution in [2.24, 2.45) is 0 Å². The maximum atomic E-state index is 12.6. The van der Waals surface area contributed by atoms with Crippen molar-refractivity contribution in [3.05, 3.63) is 22.9 Å². The Morgan fingerprint density at radius 1 is 1.36 bits per heavy atom. The molecule has 1 amide bonds. The first-order valence-corrected chi connectivity index (χ1v) is 9.61. The van der Waals surface area contributed by atoms with Crippen LogP contribution in [0.15, 0.2) is 16.5 Å². The molecule has 0 spiro atoms. The van der Waals surface area contributed by atoms with Crippen molar-refractivity contribution in [2.75, 3.05) is 6.54 Å². The summed E-state index contributed by atoms with van der Waals surface area (Å²) in [6.45, 7) is 2.42. The monoisotopic (exact) mass is 357 g/mol. The molecule has 1 saturated carbocycles. The lowest BCUT2D eigenvalue weighted by Crippen LogP contribution is -2.41. The minimum atomic E-state index is 0.0802. The predicted molar refractivity (Wildman–Crippen MR) is 98.1 cm³/mol. The number of hydrogen-bond donors (Lipinski definition) is 0. The lowest BCUT2D eigenvalue weighted by Gasteiger charge is -2.33. The van der Waals surface area contributed by atoms with Crippen LogP contribution in [-0.4, -0.2) is 33.6 Å². The molecule has 1 aliphatic rings. The molecule has 0 bridgehead atoms. The molecule has 1 aliphatic carbocycles. The fourth-order valence-electron chi connectivity index (χ4n) is 3.27. The van der Waals surface area contributed by atoms with Crippen LogP contribution in [0.2, 0.25) is 0 Å². The third-order valence-corrected chi connectivity index (χ3v) is 5.56. The third-order valence-electron chi connectivity index (χ3n) is 4.57. The summed E-state index contributed by atoms with van der Waals surface area (Å²) in [5.41, 5.74) is 0. The smallest absolute Gasteiger partial charge is 0.257 e. The van der Waals surface area contributed by atoms with Gasteiger partial charge in [0, 0.05) is 23.8 Å². The van der Waals surface area contributed by atoms with Crippen molar-refractivity contribution in [3.63, 3.8) is 0 Å². The molecule has 0 saturated heterocycles. The normalized spacial score (nSPS) is 15.0. The molecular formula is C19H23N3O2S. The number of amides is 1. The van der Waals surface area contributed by atoms with Gasteiger partial charge in [0.15, 0.2) is 0 Å². The van der Waals surface area contributed by atoms with Crippen LogP contribution in [0.25, 0.3) is 10.8 Å². The molecule has 0 unspecified atom stereocenters. The van der Waals surface area contributed by atoms with Crippen molar-refractivity contribution in [2.45, 2.75) is 57.9 Å². The Balaban J connectivity index is 1.59. The van der Waals surface area contributed by atoms with Gasteiger partial charge in [-0.3, -0.25) is 4.79 Å². The number of hydrogen-bond acceptors (Lipinski definition) is 5. The summed E-state index contributed by atoms with van der Waals surface area (Å²) < 4.78 is 5.70. The van der Waals surface area contributed by atoms with Crippen LogP contribution in [0.4, 0.5) is 0 Å². The van der Waals surface area contributed by atoms with Crippen molar-refractivity contribution < 1.29 is 9.21 Å². The highest BCUT2D eigenvalue weighted by Crippen LogP contribution is 2.27. The average molecular weight is 357 g/mol. The topological polar surface area (TPSA) is 59.2 Å². The van der Waals surface area contributed by atoms with Gasteiger partial charge >= 0.3 is 0 Å². The van der Waals surface area contributed by atoms with Crippen molar-refractivity contribution in [3.8, 4) is 23.1 Å². The molecule has 5 nitrogen and oxygen atoms in total. The van der Waals surface area contributed by atoms with E-state index in [9.17, 15) is 4.79 Å². The minimum Gasteiger partial charge on any atom is -0.420 e. The average Bonchev–Trinajstić information content (AvgIpc) is 3.27. The van der Waals surface area contributed by atoms with E-state index in [1.54, 1.807) is 11.3 Å². The summed E-state index contributed by atoms with van der Waals surface area (Å²) in [4.78, 5) is 16.6. The van der Waals surface area contributed by atoms with Crippen molar-refractivity contribution >= 4 is 17.2 Å². The zero-order valence-electron chi connectivity index (χ0n) is 14.5. The lowest BCUT2D eigenvalue weighted by atomic mass is 9.94. The highest BCUT2D eigenvalue weighted by molar-refractivity contribution is 7.15. The second kappa shape index (κ2) is 8.30.